The van der Waals surface area contributed by atoms with Gasteiger partial charge in [0.25, 0.3) is 0 Å². The lowest BCUT2D eigenvalue weighted by atomic mass is 10.1. The molecule has 6 nitrogen and oxygen atoms in total. The number of benzene rings is 3. The van der Waals surface area contributed by atoms with Crippen LogP contribution in [0.5, 0.6) is 5.75 Å². The fourth-order valence-electron chi connectivity index (χ4n) is 3.19. The van der Waals surface area contributed by atoms with Crippen molar-refractivity contribution in [2.75, 3.05) is 7.11 Å². The molecule has 3 aromatic carbocycles. The number of aromatic nitrogens is 2. The molecule has 0 aliphatic heterocycles. The van der Waals surface area contributed by atoms with Crippen LogP contribution in [0.1, 0.15) is 0 Å². The smallest absolute Gasteiger partial charge is 0.240 e. The number of hydrogen-bond acceptors (Lipinski definition) is 4. The summed E-state index contributed by atoms with van der Waals surface area (Å²) in [4.78, 5) is -0.0140. The molecule has 0 aliphatic carbocycles. The first-order chi connectivity index (χ1) is 14.4. The van der Waals surface area contributed by atoms with Crippen LogP contribution in [-0.2, 0) is 10.0 Å². The number of ether oxygens (including phenoxy) is 1. The molecule has 8 heteroatoms. The van der Waals surface area contributed by atoms with Gasteiger partial charge in [-0.25, -0.2) is 18.2 Å². The Morgan fingerprint density at radius 1 is 0.933 bits per heavy atom. The van der Waals surface area contributed by atoms with E-state index in [2.05, 4.69) is 0 Å². The maximum absolute atomic E-state index is 12.2. The second-order valence-electron chi connectivity index (χ2n) is 6.58. The van der Waals surface area contributed by atoms with E-state index in [1.165, 1.54) is 6.07 Å². The van der Waals surface area contributed by atoms with Crippen molar-refractivity contribution in [1.29, 1.82) is 0 Å². The van der Waals surface area contributed by atoms with Crippen LogP contribution in [0.3, 0.4) is 0 Å². The van der Waals surface area contributed by atoms with Crippen LogP contribution in [0.25, 0.3) is 28.2 Å². The third-order valence-corrected chi connectivity index (χ3v) is 5.83. The van der Waals surface area contributed by atoms with Crippen molar-refractivity contribution in [1.82, 2.24) is 9.78 Å². The monoisotopic (exact) mass is 439 g/mol. The molecule has 0 fully saturated rings. The molecule has 0 saturated heterocycles. The Bertz CT molecular complexity index is 1320. The zero-order valence-electron chi connectivity index (χ0n) is 16.0. The summed E-state index contributed by atoms with van der Waals surface area (Å²) in [6.45, 7) is 0. The van der Waals surface area contributed by atoms with Crippen molar-refractivity contribution in [2.24, 2.45) is 5.14 Å². The highest BCUT2D eigenvalue weighted by Gasteiger charge is 2.20. The third kappa shape index (κ3) is 3.95. The van der Waals surface area contributed by atoms with Gasteiger partial charge in [-0.05, 0) is 42.5 Å². The Hall–Kier alpha value is -3.13. The zero-order valence-corrected chi connectivity index (χ0v) is 17.6. The molecule has 4 aromatic rings. The van der Waals surface area contributed by atoms with Gasteiger partial charge in [-0.3, -0.25) is 0 Å². The molecular formula is C22H18ClN3O3S. The van der Waals surface area contributed by atoms with Gasteiger partial charge in [-0.2, -0.15) is 5.10 Å². The molecule has 0 saturated carbocycles. The van der Waals surface area contributed by atoms with Gasteiger partial charge in [0.1, 0.15) is 10.6 Å². The molecule has 30 heavy (non-hydrogen) atoms. The van der Waals surface area contributed by atoms with Crippen LogP contribution in [-0.4, -0.2) is 25.3 Å². The predicted octanol–water partition coefficient (Wildman–Crippen LogP) is 4.52. The highest BCUT2D eigenvalue weighted by Crippen LogP contribution is 2.32. The molecule has 0 unspecified atom stereocenters. The van der Waals surface area contributed by atoms with E-state index < -0.39 is 10.0 Å². The SMILES string of the molecule is COc1cccc(-c2cc(-c3ccc(Cl)cc3)nn2-c2ccccc2S(N)(=O)=O)c1. The van der Waals surface area contributed by atoms with Crippen molar-refractivity contribution in [3.05, 3.63) is 83.9 Å². The maximum Gasteiger partial charge on any atom is 0.240 e. The summed E-state index contributed by atoms with van der Waals surface area (Å²) in [5.74, 6) is 0.674. The average molecular weight is 440 g/mol. The highest BCUT2D eigenvalue weighted by molar-refractivity contribution is 7.89. The number of primary sulfonamides is 1. The molecule has 1 aromatic heterocycles. The Kier molecular flexibility index (Phi) is 5.34. The minimum Gasteiger partial charge on any atom is -0.497 e. The topological polar surface area (TPSA) is 87.2 Å². The van der Waals surface area contributed by atoms with E-state index in [0.717, 1.165) is 11.1 Å². The lowest BCUT2D eigenvalue weighted by molar-refractivity contribution is 0.415. The van der Waals surface area contributed by atoms with Crippen LogP contribution in [0.15, 0.2) is 83.8 Å². The van der Waals surface area contributed by atoms with Gasteiger partial charge >= 0.3 is 0 Å². The van der Waals surface area contributed by atoms with Crippen molar-refractivity contribution in [3.63, 3.8) is 0 Å². The van der Waals surface area contributed by atoms with Crippen LogP contribution >= 0.6 is 11.6 Å². The maximum atomic E-state index is 12.2. The summed E-state index contributed by atoms with van der Waals surface area (Å²) < 4.78 is 31.3. The number of nitrogens with zero attached hydrogens (tertiary/aromatic N) is 2. The van der Waals surface area contributed by atoms with E-state index >= 15 is 0 Å². The molecule has 2 N–H and O–H groups in total. The van der Waals surface area contributed by atoms with Crippen LogP contribution in [0.4, 0.5) is 0 Å². The number of halogens is 1. The second kappa shape index (κ2) is 7.95. The van der Waals surface area contributed by atoms with Gasteiger partial charge in [0, 0.05) is 16.1 Å². The summed E-state index contributed by atoms with van der Waals surface area (Å²) in [7, 11) is -2.37. The molecular weight excluding hydrogens is 422 g/mol. The molecule has 4 rings (SSSR count). The van der Waals surface area contributed by atoms with E-state index in [4.69, 9.17) is 26.6 Å². The van der Waals surface area contributed by atoms with E-state index in [1.807, 2.05) is 42.5 Å². The van der Waals surface area contributed by atoms with Crippen LogP contribution in [0, 0.1) is 0 Å². The van der Waals surface area contributed by atoms with Gasteiger partial charge in [0.05, 0.1) is 24.2 Å². The molecule has 152 valence electrons. The van der Waals surface area contributed by atoms with Crippen molar-refractivity contribution in [2.45, 2.75) is 4.90 Å². The van der Waals surface area contributed by atoms with Crippen molar-refractivity contribution < 1.29 is 13.2 Å². The summed E-state index contributed by atoms with van der Waals surface area (Å²) in [5.41, 5.74) is 3.36. The first kappa shape index (κ1) is 20.2. The Morgan fingerprint density at radius 2 is 1.67 bits per heavy atom. The third-order valence-electron chi connectivity index (χ3n) is 4.61. The molecule has 0 aliphatic rings. The number of sulfonamides is 1. The van der Waals surface area contributed by atoms with Gasteiger partial charge in [0.2, 0.25) is 10.0 Å². The largest absolute Gasteiger partial charge is 0.497 e. The van der Waals surface area contributed by atoms with E-state index in [9.17, 15) is 8.42 Å². The number of methoxy groups -OCH3 is 1. The van der Waals surface area contributed by atoms with Gasteiger partial charge in [0.15, 0.2) is 0 Å². The standard InChI is InChI=1S/C22H18ClN3O3S/c1-29-18-6-4-5-16(13-18)21-14-19(15-9-11-17(23)12-10-15)25-26(21)20-7-2-3-8-22(20)30(24,27)28/h2-14H,1H3,(H2,24,27,28). The van der Waals surface area contributed by atoms with Crippen LogP contribution < -0.4 is 9.88 Å². The second-order valence-corrected chi connectivity index (χ2v) is 8.54. The predicted molar refractivity (Wildman–Crippen MR) is 117 cm³/mol. The Balaban J connectivity index is 1.99. The fraction of sp³-hybridized carbons (Fsp3) is 0.0455. The van der Waals surface area contributed by atoms with E-state index in [0.29, 0.717) is 27.8 Å². The van der Waals surface area contributed by atoms with E-state index in [1.54, 1.807) is 42.1 Å². The summed E-state index contributed by atoms with van der Waals surface area (Å²) in [6, 6.07) is 23.1. The first-order valence-electron chi connectivity index (χ1n) is 8.99. The van der Waals surface area contributed by atoms with Crippen molar-refractivity contribution >= 4 is 21.6 Å². The van der Waals surface area contributed by atoms with Crippen molar-refractivity contribution in [3.8, 4) is 34.0 Å². The molecule has 0 bridgehead atoms. The highest BCUT2D eigenvalue weighted by atomic mass is 35.5. The lowest BCUT2D eigenvalue weighted by Gasteiger charge is -2.12. The first-order valence-corrected chi connectivity index (χ1v) is 10.9. The van der Waals surface area contributed by atoms with Gasteiger partial charge in [-0.15, -0.1) is 0 Å². The fourth-order valence-corrected chi connectivity index (χ4v) is 4.03. The number of para-hydroxylation sites is 1. The molecule has 0 amide bonds. The van der Waals surface area contributed by atoms with Gasteiger partial charge < -0.3 is 4.74 Å². The summed E-state index contributed by atoms with van der Waals surface area (Å²) in [5, 5.41) is 10.8. The normalized spacial score (nSPS) is 11.4. The Morgan fingerprint density at radius 3 is 2.37 bits per heavy atom. The van der Waals surface area contributed by atoms with E-state index in [-0.39, 0.29) is 4.90 Å². The molecule has 0 radical (unpaired) electrons. The molecule has 0 spiro atoms. The number of nitrogens with two attached hydrogens (primary N) is 1. The minimum atomic E-state index is -3.96. The average Bonchev–Trinajstić information content (AvgIpc) is 3.19. The number of hydrogen-bond donors (Lipinski definition) is 1. The lowest BCUT2D eigenvalue weighted by Crippen LogP contribution is -2.16. The van der Waals surface area contributed by atoms with Crippen LogP contribution in [0.2, 0.25) is 5.02 Å². The minimum absolute atomic E-state index is 0.0140. The van der Waals surface area contributed by atoms with Gasteiger partial charge in [-0.1, -0.05) is 48.0 Å². The Labute approximate surface area is 179 Å². The molecule has 1 heterocycles. The quantitative estimate of drug-likeness (QED) is 0.495. The summed E-state index contributed by atoms with van der Waals surface area (Å²) in [6.07, 6.45) is 0. The molecule has 0 atom stereocenters. The summed E-state index contributed by atoms with van der Waals surface area (Å²) >= 11 is 6.01. The zero-order chi connectivity index (χ0) is 21.3. The number of rotatable bonds is 5.